The molecule has 1 aromatic heterocycles. The molecule has 0 radical (unpaired) electrons. The van der Waals surface area contributed by atoms with Gasteiger partial charge < -0.3 is 14.8 Å². The van der Waals surface area contributed by atoms with Gasteiger partial charge in [-0.2, -0.15) is 0 Å². The average Bonchev–Trinajstić information content (AvgIpc) is 3.08. The van der Waals surface area contributed by atoms with E-state index in [1.165, 1.54) is 5.69 Å². The minimum atomic E-state index is -0.110. The lowest BCUT2D eigenvalue weighted by molar-refractivity contribution is 0.0927. The molecule has 21 heavy (non-hydrogen) atoms. The SMILES string of the molecule is Cn1ccnc1C(=O)N[C@H]1CCN(c2ccccc2Br)C1. The predicted molar refractivity (Wildman–Crippen MR) is 85.4 cm³/mol. The Balaban J connectivity index is 1.64. The maximum atomic E-state index is 12.2. The van der Waals surface area contributed by atoms with E-state index in [9.17, 15) is 4.79 Å². The molecular weight excluding hydrogens is 332 g/mol. The van der Waals surface area contributed by atoms with Gasteiger partial charge in [-0.25, -0.2) is 4.98 Å². The van der Waals surface area contributed by atoms with Crippen LogP contribution in [0.1, 0.15) is 17.0 Å². The molecule has 0 aliphatic carbocycles. The van der Waals surface area contributed by atoms with Crippen molar-refractivity contribution >= 4 is 27.5 Å². The van der Waals surface area contributed by atoms with E-state index in [0.29, 0.717) is 5.82 Å². The molecule has 1 aliphatic rings. The number of nitrogens with zero attached hydrogens (tertiary/aromatic N) is 3. The van der Waals surface area contributed by atoms with Crippen LogP contribution in [-0.2, 0) is 7.05 Å². The third kappa shape index (κ3) is 2.95. The Labute approximate surface area is 132 Å². The molecule has 1 fully saturated rings. The maximum Gasteiger partial charge on any atom is 0.287 e. The number of imidazole rings is 1. The first-order valence-electron chi connectivity index (χ1n) is 6.93. The zero-order valence-electron chi connectivity index (χ0n) is 11.8. The summed E-state index contributed by atoms with van der Waals surface area (Å²) in [5, 5.41) is 3.06. The summed E-state index contributed by atoms with van der Waals surface area (Å²) in [5.74, 6) is 0.343. The third-order valence-corrected chi connectivity index (χ3v) is 4.41. The zero-order valence-corrected chi connectivity index (χ0v) is 13.4. The first-order chi connectivity index (χ1) is 10.1. The molecule has 1 atom stereocenters. The van der Waals surface area contributed by atoms with Gasteiger partial charge in [0, 0.05) is 43.0 Å². The van der Waals surface area contributed by atoms with Crippen LogP contribution in [0.25, 0.3) is 0 Å². The minimum absolute atomic E-state index is 0.110. The van der Waals surface area contributed by atoms with Crippen molar-refractivity contribution in [2.45, 2.75) is 12.5 Å². The van der Waals surface area contributed by atoms with Gasteiger partial charge in [0.25, 0.3) is 5.91 Å². The first kappa shape index (κ1) is 14.1. The summed E-state index contributed by atoms with van der Waals surface area (Å²) in [7, 11) is 1.82. The Bertz CT molecular complexity index is 655. The smallest absolute Gasteiger partial charge is 0.287 e. The van der Waals surface area contributed by atoms with E-state index in [2.05, 4.69) is 37.2 Å². The van der Waals surface area contributed by atoms with Crippen molar-refractivity contribution in [1.82, 2.24) is 14.9 Å². The highest BCUT2D eigenvalue weighted by Crippen LogP contribution is 2.28. The highest BCUT2D eigenvalue weighted by atomic mass is 79.9. The van der Waals surface area contributed by atoms with Gasteiger partial charge in [0.15, 0.2) is 5.82 Å². The van der Waals surface area contributed by atoms with Gasteiger partial charge in [-0.1, -0.05) is 12.1 Å². The number of halogens is 1. The number of rotatable bonds is 3. The number of nitrogens with one attached hydrogen (secondary N) is 1. The van der Waals surface area contributed by atoms with Crippen LogP contribution >= 0.6 is 15.9 Å². The number of hydrogen-bond donors (Lipinski definition) is 1. The maximum absolute atomic E-state index is 12.2. The van der Waals surface area contributed by atoms with E-state index in [1.54, 1.807) is 17.0 Å². The van der Waals surface area contributed by atoms with Crippen LogP contribution in [0.5, 0.6) is 0 Å². The number of carbonyl (C=O) groups excluding carboxylic acids is 1. The van der Waals surface area contributed by atoms with Crippen molar-refractivity contribution in [2.75, 3.05) is 18.0 Å². The van der Waals surface area contributed by atoms with Crippen molar-refractivity contribution in [3.8, 4) is 0 Å². The fraction of sp³-hybridized carbons (Fsp3) is 0.333. The number of anilines is 1. The number of amides is 1. The van der Waals surface area contributed by atoms with Crippen molar-refractivity contribution < 1.29 is 4.79 Å². The molecule has 5 nitrogen and oxygen atoms in total. The molecule has 110 valence electrons. The second kappa shape index (κ2) is 5.89. The average molecular weight is 349 g/mol. The van der Waals surface area contributed by atoms with Crippen molar-refractivity contribution in [3.05, 3.63) is 47.0 Å². The summed E-state index contributed by atoms with van der Waals surface area (Å²) in [6.07, 6.45) is 4.35. The lowest BCUT2D eigenvalue weighted by Gasteiger charge is -2.20. The molecule has 0 unspecified atom stereocenters. The molecule has 0 spiro atoms. The second-order valence-corrected chi connectivity index (χ2v) is 6.07. The van der Waals surface area contributed by atoms with Crippen molar-refractivity contribution in [2.24, 2.45) is 7.05 Å². The molecule has 2 aromatic rings. The molecule has 1 aliphatic heterocycles. The molecule has 0 saturated carbocycles. The molecule has 1 aromatic carbocycles. The van der Waals surface area contributed by atoms with Crippen LogP contribution in [0.3, 0.4) is 0 Å². The summed E-state index contributed by atoms with van der Waals surface area (Å²) >= 11 is 3.58. The van der Waals surface area contributed by atoms with Crippen LogP contribution in [0, 0.1) is 0 Å². The number of carbonyl (C=O) groups is 1. The fourth-order valence-electron chi connectivity index (χ4n) is 2.64. The number of hydrogen-bond acceptors (Lipinski definition) is 3. The van der Waals surface area contributed by atoms with E-state index in [-0.39, 0.29) is 11.9 Å². The lowest BCUT2D eigenvalue weighted by Crippen LogP contribution is -2.38. The Morgan fingerprint density at radius 3 is 2.95 bits per heavy atom. The highest BCUT2D eigenvalue weighted by molar-refractivity contribution is 9.10. The molecule has 6 heteroatoms. The lowest BCUT2D eigenvalue weighted by atomic mass is 10.2. The van der Waals surface area contributed by atoms with E-state index in [4.69, 9.17) is 0 Å². The molecule has 3 rings (SSSR count). The monoisotopic (exact) mass is 348 g/mol. The predicted octanol–water partition coefficient (Wildman–Crippen LogP) is 2.19. The number of aromatic nitrogens is 2. The van der Waals surface area contributed by atoms with E-state index in [1.807, 2.05) is 25.2 Å². The van der Waals surface area contributed by atoms with E-state index >= 15 is 0 Å². The topological polar surface area (TPSA) is 50.2 Å². The normalized spacial score (nSPS) is 18.0. The molecular formula is C15H17BrN4O. The molecule has 1 saturated heterocycles. The Morgan fingerprint density at radius 1 is 1.43 bits per heavy atom. The van der Waals surface area contributed by atoms with Crippen LogP contribution in [0.4, 0.5) is 5.69 Å². The van der Waals surface area contributed by atoms with Crippen molar-refractivity contribution in [1.29, 1.82) is 0 Å². The molecule has 1 N–H and O–H groups in total. The quantitative estimate of drug-likeness (QED) is 0.924. The van der Waals surface area contributed by atoms with E-state index < -0.39 is 0 Å². The molecule has 2 heterocycles. The fourth-order valence-corrected chi connectivity index (χ4v) is 3.17. The van der Waals surface area contributed by atoms with Gasteiger partial charge in [0.05, 0.1) is 5.69 Å². The molecule has 0 bridgehead atoms. The van der Waals surface area contributed by atoms with Gasteiger partial charge in [-0.3, -0.25) is 4.79 Å². The summed E-state index contributed by atoms with van der Waals surface area (Å²) in [6, 6.07) is 8.31. The first-order valence-corrected chi connectivity index (χ1v) is 7.72. The van der Waals surface area contributed by atoms with Gasteiger partial charge in [-0.05, 0) is 34.5 Å². The number of para-hydroxylation sites is 1. The van der Waals surface area contributed by atoms with Crippen molar-refractivity contribution in [3.63, 3.8) is 0 Å². The standard InChI is InChI=1S/C15H17BrN4O/c1-19-9-7-17-14(19)15(21)18-11-6-8-20(10-11)13-5-3-2-4-12(13)16/h2-5,7,9,11H,6,8,10H2,1H3,(H,18,21)/t11-/m0/s1. The summed E-state index contributed by atoms with van der Waals surface area (Å²) in [4.78, 5) is 18.5. The van der Waals surface area contributed by atoms with Gasteiger partial charge >= 0.3 is 0 Å². The number of aryl methyl sites for hydroxylation is 1. The summed E-state index contributed by atoms with van der Waals surface area (Å²) in [6.45, 7) is 1.76. The van der Waals surface area contributed by atoms with Crippen LogP contribution in [-0.4, -0.2) is 34.6 Å². The van der Waals surface area contributed by atoms with Gasteiger partial charge in [0.2, 0.25) is 0 Å². The largest absolute Gasteiger partial charge is 0.368 e. The van der Waals surface area contributed by atoms with Crippen LogP contribution < -0.4 is 10.2 Å². The molecule has 1 amide bonds. The van der Waals surface area contributed by atoms with E-state index in [0.717, 1.165) is 24.0 Å². The van der Waals surface area contributed by atoms with Gasteiger partial charge in [-0.15, -0.1) is 0 Å². The Hall–Kier alpha value is -1.82. The number of benzene rings is 1. The second-order valence-electron chi connectivity index (χ2n) is 5.22. The Morgan fingerprint density at radius 2 is 2.24 bits per heavy atom. The van der Waals surface area contributed by atoms with Crippen LogP contribution in [0.15, 0.2) is 41.1 Å². The van der Waals surface area contributed by atoms with Gasteiger partial charge in [0.1, 0.15) is 0 Å². The third-order valence-electron chi connectivity index (χ3n) is 3.74. The summed E-state index contributed by atoms with van der Waals surface area (Å²) in [5.41, 5.74) is 1.17. The zero-order chi connectivity index (χ0) is 14.8. The summed E-state index contributed by atoms with van der Waals surface area (Å²) < 4.78 is 2.82. The highest BCUT2D eigenvalue weighted by Gasteiger charge is 2.26. The minimum Gasteiger partial charge on any atom is -0.368 e. The Kier molecular flexibility index (Phi) is 3.96. The van der Waals surface area contributed by atoms with Crippen LogP contribution in [0.2, 0.25) is 0 Å².